The normalized spacial score (nSPS) is 22.3. The molecule has 176 valence electrons. The Labute approximate surface area is 196 Å². The first-order chi connectivity index (χ1) is 16.6. The molecule has 10 nitrogen and oxygen atoms in total. The summed E-state index contributed by atoms with van der Waals surface area (Å²) in [6, 6.07) is 11.3. The van der Waals surface area contributed by atoms with Crippen LogP contribution in [-0.4, -0.2) is 69.8 Å². The summed E-state index contributed by atoms with van der Waals surface area (Å²) in [5.74, 6) is 0.161. The highest BCUT2D eigenvalue weighted by molar-refractivity contribution is 6.02. The molecule has 1 fully saturated rings. The maximum Gasteiger partial charge on any atom is 0.270 e. The van der Waals surface area contributed by atoms with Crippen LogP contribution in [0, 0.1) is 6.92 Å². The lowest BCUT2D eigenvalue weighted by Gasteiger charge is -2.30. The maximum absolute atomic E-state index is 12.9. The van der Waals surface area contributed by atoms with Crippen molar-refractivity contribution in [1.29, 1.82) is 0 Å². The number of fused-ring (bicyclic) bond motifs is 1. The second kappa shape index (κ2) is 9.80. The molecule has 3 atom stereocenters. The van der Waals surface area contributed by atoms with E-state index < -0.39 is 0 Å². The van der Waals surface area contributed by atoms with Crippen molar-refractivity contribution >= 4 is 22.5 Å². The van der Waals surface area contributed by atoms with Gasteiger partial charge in [-0.1, -0.05) is 23.4 Å². The molecule has 1 saturated heterocycles. The minimum atomic E-state index is -0.317. The van der Waals surface area contributed by atoms with Gasteiger partial charge in [-0.15, -0.1) is 0 Å². The monoisotopic (exact) mass is 463 g/mol. The molecule has 0 radical (unpaired) electrons. The molecule has 3 unspecified atom stereocenters. The molecule has 0 aliphatic carbocycles. The molecule has 2 aromatic heterocycles. The van der Waals surface area contributed by atoms with Gasteiger partial charge in [0.05, 0.1) is 31.0 Å². The second-order valence-electron chi connectivity index (χ2n) is 8.25. The number of para-hydroxylation sites is 1. The van der Waals surface area contributed by atoms with Gasteiger partial charge in [-0.25, -0.2) is 9.97 Å². The van der Waals surface area contributed by atoms with Crippen molar-refractivity contribution in [1.82, 2.24) is 20.3 Å². The number of nitrogens with zero attached hydrogens (tertiary/aromatic N) is 4. The van der Waals surface area contributed by atoms with E-state index in [1.165, 1.54) is 0 Å². The summed E-state index contributed by atoms with van der Waals surface area (Å²) in [5, 5.41) is 17.3. The van der Waals surface area contributed by atoms with Gasteiger partial charge in [0.25, 0.3) is 5.91 Å². The van der Waals surface area contributed by atoms with Gasteiger partial charge < -0.3 is 24.7 Å². The lowest BCUT2D eigenvalue weighted by Crippen LogP contribution is -2.43. The fourth-order valence-corrected chi connectivity index (χ4v) is 4.03. The van der Waals surface area contributed by atoms with E-state index >= 15 is 0 Å². The smallest absolute Gasteiger partial charge is 0.270 e. The summed E-state index contributed by atoms with van der Waals surface area (Å²) in [4.78, 5) is 31.6. The molecule has 2 aliphatic heterocycles. The van der Waals surface area contributed by atoms with Gasteiger partial charge in [-0.05, 0) is 30.7 Å². The van der Waals surface area contributed by atoms with Crippen LogP contribution >= 0.6 is 0 Å². The molecule has 0 spiro atoms. The number of nitrogens with one attached hydrogen (secondary N) is 1. The van der Waals surface area contributed by atoms with Crippen molar-refractivity contribution in [2.75, 3.05) is 19.8 Å². The van der Waals surface area contributed by atoms with Gasteiger partial charge in [0, 0.05) is 24.5 Å². The number of hydrogen-bond acceptors (Lipinski definition) is 9. The van der Waals surface area contributed by atoms with Crippen molar-refractivity contribution in [2.45, 2.75) is 38.2 Å². The minimum Gasteiger partial charge on any atom is -0.394 e. The van der Waals surface area contributed by atoms with Gasteiger partial charge in [0.2, 0.25) is 0 Å². The van der Waals surface area contributed by atoms with Crippen LogP contribution in [0.25, 0.3) is 10.9 Å². The Bertz CT molecular complexity index is 1220. The van der Waals surface area contributed by atoms with Crippen LogP contribution in [0.3, 0.4) is 0 Å². The summed E-state index contributed by atoms with van der Waals surface area (Å²) in [6.45, 7) is 2.62. The van der Waals surface area contributed by atoms with Crippen molar-refractivity contribution < 1.29 is 24.2 Å². The van der Waals surface area contributed by atoms with Crippen molar-refractivity contribution in [2.24, 2.45) is 5.16 Å². The van der Waals surface area contributed by atoms with E-state index in [-0.39, 0.29) is 36.5 Å². The number of oxime groups is 1. The molecule has 5 rings (SSSR count). The van der Waals surface area contributed by atoms with Crippen LogP contribution in [0.2, 0.25) is 0 Å². The summed E-state index contributed by atoms with van der Waals surface area (Å²) in [7, 11) is 0. The van der Waals surface area contributed by atoms with Crippen molar-refractivity contribution in [3.05, 3.63) is 65.4 Å². The van der Waals surface area contributed by atoms with Gasteiger partial charge >= 0.3 is 0 Å². The summed E-state index contributed by atoms with van der Waals surface area (Å²) in [6.07, 6.45) is 1.29. The molecule has 1 amide bonds. The minimum absolute atomic E-state index is 0.0809. The number of ether oxygens (including phenoxy) is 2. The lowest BCUT2D eigenvalue weighted by atomic mass is 10.0. The predicted octanol–water partition coefficient (Wildman–Crippen LogP) is 1.53. The van der Waals surface area contributed by atoms with E-state index in [1.807, 2.05) is 30.3 Å². The third-order valence-electron chi connectivity index (χ3n) is 5.85. The predicted molar refractivity (Wildman–Crippen MR) is 122 cm³/mol. The number of carbonyl (C=O) groups excluding carboxylic acids is 1. The summed E-state index contributed by atoms with van der Waals surface area (Å²) >= 11 is 0. The van der Waals surface area contributed by atoms with Gasteiger partial charge in [0.1, 0.15) is 29.4 Å². The van der Waals surface area contributed by atoms with Gasteiger partial charge in [0.15, 0.2) is 6.10 Å². The molecule has 0 saturated carbocycles. The Hall–Kier alpha value is -3.47. The van der Waals surface area contributed by atoms with Crippen LogP contribution in [0.4, 0.5) is 0 Å². The third kappa shape index (κ3) is 4.74. The van der Waals surface area contributed by atoms with E-state index in [9.17, 15) is 9.90 Å². The van der Waals surface area contributed by atoms with Crippen LogP contribution in [0.15, 0.2) is 47.8 Å². The molecule has 2 aliphatic rings. The molecule has 4 heterocycles. The Morgan fingerprint density at radius 3 is 2.85 bits per heavy atom. The van der Waals surface area contributed by atoms with Gasteiger partial charge in [-0.3, -0.25) is 9.78 Å². The number of benzene rings is 1. The molecular weight excluding hydrogens is 438 g/mol. The first kappa shape index (κ1) is 22.3. The summed E-state index contributed by atoms with van der Waals surface area (Å²) < 4.78 is 11.3. The van der Waals surface area contributed by atoms with E-state index in [4.69, 9.17) is 14.3 Å². The summed E-state index contributed by atoms with van der Waals surface area (Å²) in [5.41, 5.74) is 3.27. The number of hydrogen-bond donors (Lipinski definition) is 2. The van der Waals surface area contributed by atoms with E-state index in [1.54, 1.807) is 19.2 Å². The standard InChI is InChI=1S/C24H25N5O5/c1-14-27-19(20-9-22(34-29-20)23-13-32-16(11-30)12-33-23)8-21(28-14)24(31)26-10-15-6-7-25-18-5-3-2-4-17(15)18/h2-8,16,22-23,30H,9-13H2,1H3,(H,26,31). The van der Waals surface area contributed by atoms with E-state index in [0.29, 0.717) is 43.4 Å². The molecule has 10 heteroatoms. The van der Waals surface area contributed by atoms with Gasteiger partial charge in [-0.2, -0.15) is 0 Å². The van der Waals surface area contributed by atoms with Crippen molar-refractivity contribution in [3.8, 4) is 0 Å². The van der Waals surface area contributed by atoms with Crippen LogP contribution < -0.4 is 5.32 Å². The Morgan fingerprint density at radius 1 is 1.15 bits per heavy atom. The first-order valence-electron chi connectivity index (χ1n) is 11.1. The topological polar surface area (TPSA) is 128 Å². The number of amides is 1. The molecule has 34 heavy (non-hydrogen) atoms. The average molecular weight is 463 g/mol. The van der Waals surface area contributed by atoms with E-state index in [0.717, 1.165) is 16.5 Å². The molecule has 2 N–H and O–H groups in total. The fourth-order valence-electron chi connectivity index (χ4n) is 4.03. The number of aryl methyl sites for hydroxylation is 1. The zero-order valence-corrected chi connectivity index (χ0v) is 18.7. The first-order valence-corrected chi connectivity index (χ1v) is 11.1. The van der Waals surface area contributed by atoms with Crippen LogP contribution in [0.5, 0.6) is 0 Å². The quantitative estimate of drug-likeness (QED) is 0.563. The molecular formula is C24H25N5O5. The SMILES string of the molecule is Cc1nc(C(=O)NCc2ccnc3ccccc23)cc(C2=NOC(C3COC(CO)CO3)C2)n1. The zero-order valence-electron chi connectivity index (χ0n) is 18.7. The second-order valence-corrected chi connectivity index (χ2v) is 8.25. The highest BCUT2D eigenvalue weighted by Gasteiger charge is 2.35. The number of aliphatic hydroxyl groups is 1. The van der Waals surface area contributed by atoms with Crippen LogP contribution in [-0.2, 0) is 20.9 Å². The molecule has 1 aromatic carbocycles. The molecule has 3 aromatic rings. The highest BCUT2D eigenvalue weighted by Crippen LogP contribution is 2.23. The highest BCUT2D eigenvalue weighted by atomic mass is 16.7. The zero-order chi connectivity index (χ0) is 23.5. The number of pyridine rings is 1. The Kier molecular flexibility index (Phi) is 6.43. The largest absolute Gasteiger partial charge is 0.394 e. The Balaban J connectivity index is 1.25. The lowest BCUT2D eigenvalue weighted by molar-refractivity contribution is -0.178. The Morgan fingerprint density at radius 2 is 2.03 bits per heavy atom. The van der Waals surface area contributed by atoms with Crippen molar-refractivity contribution in [3.63, 3.8) is 0 Å². The number of aromatic nitrogens is 3. The number of aliphatic hydroxyl groups excluding tert-OH is 1. The number of rotatable bonds is 6. The van der Waals surface area contributed by atoms with E-state index in [2.05, 4.69) is 25.4 Å². The average Bonchev–Trinajstić information content (AvgIpc) is 3.37. The third-order valence-corrected chi connectivity index (χ3v) is 5.85. The number of carbonyl (C=O) groups is 1. The fraction of sp³-hybridized carbons (Fsp3) is 0.375. The maximum atomic E-state index is 12.9. The van der Waals surface area contributed by atoms with Crippen LogP contribution in [0.1, 0.15) is 34.0 Å². The molecule has 0 bridgehead atoms.